The quantitative estimate of drug-likeness (QED) is 0.114. The maximum Gasteiger partial charge on any atom is 0.164 e. The lowest BCUT2D eigenvalue weighted by Crippen LogP contribution is -2.09. The predicted octanol–water partition coefficient (Wildman–Crippen LogP) is 21.7. The summed E-state index contributed by atoms with van der Waals surface area (Å²) in [6.45, 7) is 0. The average Bonchev–Trinajstić information content (AvgIpc) is 1.84. The fraction of sp³-hybridized carbons (Fsp3) is 0. The molecule has 0 amide bonds. The molecule has 0 unspecified atom stereocenters. The van der Waals surface area contributed by atoms with Crippen LogP contribution in [0.15, 0.2) is 328 Å². The molecule has 16 rings (SSSR count). The Morgan fingerprint density at radius 3 is 0.908 bits per heavy atom. The highest BCUT2D eigenvalue weighted by Crippen LogP contribution is 2.44. The van der Waals surface area contributed by atoms with Crippen molar-refractivity contribution in [2.24, 2.45) is 0 Å². The molecule has 87 heavy (non-hydrogen) atoms. The van der Waals surface area contributed by atoms with Crippen LogP contribution < -0.4 is 9.80 Å². The van der Waals surface area contributed by atoms with Gasteiger partial charge in [-0.05, 0) is 170 Å². The van der Waals surface area contributed by atoms with Crippen molar-refractivity contribution < 1.29 is 0 Å². The minimum atomic E-state index is 0.620. The Morgan fingerprint density at radius 1 is 0.195 bits per heavy atom. The molecular weight excluding hydrogens is 1060 g/mol. The van der Waals surface area contributed by atoms with E-state index in [1.807, 2.05) is 36.4 Å². The molecule has 0 spiro atoms. The van der Waals surface area contributed by atoms with E-state index in [9.17, 15) is 0 Å². The van der Waals surface area contributed by atoms with E-state index in [-0.39, 0.29) is 0 Å². The third-order valence-electron chi connectivity index (χ3n) is 16.8. The van der Waals surface area contributed by atoms with E-state index in [0.717, 1.165) is 101 Å². The number of hydrogen-bond donors (Lipinski definition) is 0. The van der Waals surface area contributed by atoms with Gasteiger partial charge >= 0.3 is 0 Å². The van der Waals surface area contributed by atoms with Gasteiger partial charge in [0.2, 0.25) is 0 Å². The normalized spacial score (nSPS) is 11.4. The third-order valence-corrected chi connectivity index (χ3v) is 16.8. The summed E-state index contributed by atoms with van der Waals surface area (Å²) in [4.78, 5) is 20.0. The summed E-state index contributed by atoms with van der Waals surface area (Å²) in [5, 5.41) is 9.36. The maximum absolute atomic E-state index is 5.18. The highest BCUT2D eigenvalue weighted by molar-refractivity contribution is 6.26. The van der Waals surface area contributed by atoms with Gasteiger partial charge in [-0.15, -0.1) is 0 Å². The summed E-state index contributed by atoms with van der Waals surface area (Å²) >= 11 is 0. The lowest BCUT2D eigenvalue weighted by Gasteiger charge is -2.25. The number of benzene rings is 14. The van der Waals surface area contributed by atoms with E-state index in [4.69, 9.17) is 15.0 Å². The van der Waals surface area contributed by atoms with Gasteiger partial charge in [0.15, 0.2) is 17.5 Å². The van der Waals surface area contributed by atoms with Gasteiger partial charge in [-0.25, -0.2) is 15.0 Å². The molecule has 0 saturated carbocycles. The zero-order chi connectivity index (χ0) is 57.6. The number of para-hydroxylation sites is 4. The minimum Gasteiger partial charge on any atom is -0.311 e. The van der Waals surface area contributed by atoms with Crippen molar-refractivity contribution in [3.63, 3.8) is 0 Å². The van der Waals surface area contributed by atoms with Gasteiger partial charge in [-0.3, -0.25) is 0 Å². The van der Waals surface area contributed by atoms with Crippen molar-refractivity contribution in [1.82, 2.24) is 19.5 Å². The van der Waals surface area contributed by atoms with Crippen molar-refractivity contribution >= 4 is 88.2 Å². The predicted molar refractivity (Wildman–Crippen MR) is 363 cm³/mol. The molecule has 2 heterocycles. The Bertz CT molecular complexity index is 4850. The highest BCUT2D eigenvalue weighted by atomic mass is 15.1. The Kier molecular flexibility index (Phi) is 12.8. The number of anilines is 6. The Balaban J connectivity index is 0.862. The molecule has 6 nitrogen and oxygen atoms in total. The van der Waals surface area contributed by atoms with Gasteiger partial charge in [0.05, 0.1) is 11.0 Å². The van der Waals surface area contributed by atoms with Crippen LogP contribution in [0, 0.1) is 0 Å². The number of hydrogen-bond acceptors (Lipinski definition) is 5. The summed E-state index contributed by atoms with van der Waals surface area (Å²) in [6, 6.07) is 117. The van der Waals surface area contributed by atoms with Crippen LogP contribution in [0.1, 0.15) is 0 Å². The Labute approximate surface area is 504 Å². The van der Waals surface area contributed by atoms with E-state index in [0.29, 0.717) is 17.5 Å². The Hall–Kier alpha value is -11.7. The molecule has 0 atom stereocenters. The first-order valence-electron chi connectivity index (χ1n) is 29.5. The molecule has 14 aromatic carbocycles. The first kappa shape index (κ1) is 51.0. The van der Waals surface area contributed by atoms with Crippen molar-refractivity contribution in [1.29, 1.82) is 0 Å². The average molecular weight is 1110 g/mol. The second-order valence-electron chi connectivity index (χ2n) is 22.0. The van der Waals surface area contributed by atoms with Crippen LogP contribution in [0.4, 0.5) is 34.1 Å². The second kappa shape index (κ2) is 21.8. The van der Waals surface area contributed by atoms with Gasteiger partial charge in [-0.1, -0.05) is 212 Å². The van der Waals surface area contributed by atoms with Crippen LogP contribution in [0.25, 0.3) is 116 Å². The smallest absolute Gasteiger partial charge is 0.164 e. The van der Waals surface area contributed by atoms with Gasteiger partial charge in [-0.2, -0.15) is 0 Å². The molecule has 0 fully saturated rings. The second-order valence-corrected chi connectivity index (χ2v) is 22.0. The standard InChI is InChI=1S/C81H54N6/c1-7-21-57(22-8-1)79-82-80(58-23-9-2-10-24-58)84-81(83-79)61-39-47-71-69-33-19-20-34-70(69)72-48-46-68(54-74(72)73(71)53-61)87-77-49-40-59(55-35-42-66(43-36-55)85(62-25-11-3-12-26-62)63-27-13-4-14-28-63)51-75(77)76-52-60(41-50-78(76)87)56-37-44-67(45-38-56)86(64-29-15-5-16-30-64)65-31-17-6-18-32-65/h1-54H. The van der Waals surface area contributed by atoms with E-state index in [1.54, 1.807) is 0 Å². The summed E-state index contributed by atoms with van der Waals surface area (Å²) < 4.78 is 2.45. The zero-order valence-electron chi connectivity index (χ0n) is 47.4. The first-order chi connectivity index (χ1) is 43.1. The summed E-state index contributed by atoms with van der Waals surface area (Å²) in [5.41, 5.74) is 17.3. The van der Waals surface area contributed by atoms with Crippen molar-refractivity contribution in [2.75, 3.05) is 9.80 Å². The SMILES string of the molecule is c1ccc(-c2nc(-c3ccccc3)nc(-c3ccc4c5ccccc5c5ccc(-n6c7ccc(-c8ccc(N(c9ccccc9)c9ccccc9)cc8)cc7c7cc(-c8ccc(N(c9ccccc9)c9ccccc9)cc8)ccc76)cc5c4c3)n2)cc1. The monoisotopic (exact) mass is 1110 g/mol. The van der Waals surface area contributed by atoms with Crippen molar-refractivity contribution in [2.45, 2.75) is 0 Å². The van der Waals surface area contributed by atoms with Crippen LogP contribution in [0.3, 0.4) is 0 Å². The van der Waals surface area contributed by atoms with Crippen molar-refractivity contribution in [3.8, 4) is 62.1 Å². The van der Waals surface area contributed by atoms with Gasteiger partial charge in [0.1, 0.15) is 0 Å². The lowest BCUT2D eigenvalue weighted by atomic mass is 9.93. The number of fused-ring (bicyclic) bond motifs is 9. The van der Waals surface area contributed by atoms with Crippen molar-refractivity contribution in [3.05, 3.63) is 328 Å². The first-order valence-corrected chi connectivity index (χ1v) is 29.5. The van der Waals surface area contributed by atoms with Crippen LogP contribution >= 0.6 is 0 Å². The van der Waals surface area contributed by atoms with Crippen LogP contribution in [-0.2, 0) is 0 Å². The highest BCUT2D eigenvalue weighted by Gasteiger charge is 2.21. The molecule has 0 N–H and O–H groups in total. The summed E-state index contributed by atoms with van der Waals surface area (Å²) in [5.74, 6) is 1.88. The van der Waals surface area contributed by atoms with E-state index in [1.165, 1.54) is 32.3 Å². The van der Waals surface area contributed by atoms with Crippen LogP contribution in [0.5, 0.6) is 0 Å². The molecule has 0 saturated heterocycles. The van der Waals surface area contributed by atoms with Crippen LogP contribution in [0.2, 0.25) is 0 Å². The lowest BCUT2D eigenvalue weighted by molar-refractivity contribution is 1.07. The topological polar surface area (TPSA) is 50.1 Å². The summed E-state index contributed by atoms with van der Waals surface area (Å²) in [6.07, 6.45) is 0. The molecule has 16 aromatic rings. The van der Waals surface area contributed by atoms with Gasteiger partial charge < -0.3 is 14.4 Å². The Morgan fingerprint density at radius 2 is 0.494 bits per heavy atom. The van der Waals surface area contributed by atoms with Gasteiger partial charge in [0, 0.05) is 67.3 Å². The molecule has 0 aliphatic rings. The van der Waals surface area contributed by atoms with E-state index >= 15 is 0 Å². The fourth-order valence-corrected chi connectivity index (χ4v) is 12.6. The number of rotatable bonds is 12. The largest absolute Gasteiger partial charge is 0.311 e. The van der Waals surface area contributed by atoms with E-state index in [2.05, 4.69) is 306 Å². The maximum atomic E-state index is 5.18. The molecule has 2 aromatic heterocycles. The molecule has 0 radical (unpaired) electrons. The molecule has 6 heteroatoms. The minimum absolute atomic E-state index is 0.620. The fourth-order valence-electron chi connectivity index (χ4n) is 12.6. The molecule has 0 aliphatic heterocycles. The molecule has 0 aliphatic carbocycles. The summed E-state index contributed by atoms with van der Waals surface area (Å²) in [7, 11) is 0. The van der Waals surface area contributed by atoms with Crippen LogP contribution in [-0.4, -0.2) is 19.5 Å². The number of aromatic nitrogens is 4. The molecular formula is C81H54N6. The van der Waals surface area contributed by atoms with E-state index < -0.39 is 0 Å². The van der Waals surface area contributed by atoms with Gasteiger partial charge in [0.25, 0.3) is 0 Å². The zero-order valence-corrected chi connectivity index (χ0v) is 47.4. The third kappa shape index (κ3) is 9.39. The number of nitrogens with zero attached hydrogens (tertiary/aromatic N) is 6. The molecule has 408 valence electrons. The molecule has 0 bridgehead atoms.